The standard InChI is InChI=1S/C21H22N6O3.Na/c1-30-15-4-2-3-13-9-14(25-16(13)15)17-18-19(22)23-10-24-27(18)20(26-17)11-5-7-12(8-6-11)21(28)29;/h2-4,9-12,25H,5-8H2,1H3,(H,28,29)(H2,22,23,24);/q;+1/p-1. The second-order valence-electron chi connectivity index (χ2n) is 7.70. The van der Waals surface area contributed by atoms with E-state index in [9.17, 15) is 9.90 Å². The number of para-hydroxylation sites is 1. The third-order valence-electron chi connectivity index (χ3n) is 6.00. The Balaban J connectivity index is 0.00000231. The molecule has 154 valence electrons. The summed E-state index contributed by atoms with van der Waals surface area (Å²) in [6, 6.07) is 7.83. The molecule has 3 aromatic heterocycles. The van der Waals surface area contributed by atoms with Crippen LogP contribution in [0.1, 0.15) is 37.4 Å². The summed E-state index contributed by atoms with van der Waals surface area (Å²) < 4.78 is 7.20. The fourth-order valence-electron chi connectivity index (χ4n) is 4.44. The first-order valence-electron chi connectivity index (χ1n) is 9.93. The zero-order valence-electron chi connectivity index (χ0n) is 17.5. The van der Waals surface area contributed by atoms with E-state index in [4.69, 9.17) is 15.5 Å². The van der Waals surface area contributed by atoms with Gasteiger partial charge >= 0.3 is 29.6 Å². The number of fused-ring (bicyclic) bond motifs is 2. The summed E-state index contributed by atoms with van der Waals surface area (Å²) in [6.07, 6.45) is 3.98. The van der Waals surface area contributed by atoms with E-state index in [0.717, 1.165) is 28.2 Å². The molecule has 1 fully saturated rings. The average Bonchev–Trinajstić information content (AvgIpc) is 3.36. The average molecular weight is 428 g/mol. The van der Waals surface area contributed by atoms with Crippen molar-refractivity contribution < 1.29 is 44.2 Å². The molecular formula is C21H21N6NaO3. The van der Waals surface area contributed by atoms with Crippen LogP contribution in [-0.4, -0.2) is 37.6 Å². The Morgan fingerprint density at radius 2 is 2.06 bits per heavy atom. The number of aromatic nitrogens is 5. The predicted molar refractivity (Wildman–Crippen MR) is 109 cm³/mol. The van der Waals surface area contributed by atoms with Crippen molar-refractivity contribution in [3.05, 3.63) is 36.4 Å². The first-order chi connectivity index (χ1) is 14.6. The number of carbonyl (C=O) groups is 1. The SMILES string of the molecule is COc1cccc2cc(-c3nc(C4CCC(C(=O)[O-])CC4)n4ncnc(N)c34)[nH]c12.[Na+]. The number of methoxy groups -OCH3 is 1. The molecule has 10 heteroatoms. The van der Waals surface area contributed by atoms with Crippen molar-refractivity contribution in [2.45, 2.75) is 31.6 Å². The smallest absolute Gasteiger partial charge is 0.550 e. The molecule has 1 aromatic carbocycles. The molecule has 0 radical (unpaired) electrons. The van der Waals surface area contributed by atoms with Gasteiger partial charge in [-0.05, 0) is 43.7 Å². The van der Waals surface area contributed by atoms with Gasteiger partial charge in [0.1, 0.15) is 29.1 Å². The van der Waals surface area contributed by atoms with Crippen LogP contribution in [0, 0.1) is 5.92 Å². The van der Waals surface area contributed by atoms with Crippen molar-refractivity contribution in [3.8, 4) is 17.1 Å². The number of nitrogens with one attached hydrogen (secondary N) is 1. The Hall–Kier alpha value is -2.62. The van der Waals surface area contributed by atoms with Gasteiger partial charge in [0.2, 0.25) is 0 Å². The maximum absolute atomic E-state index is 11.2. The summed E-state index contributed by atoms with van der Waals surface area (Å²) in [5.41, 5.74) is 9.19. The maximum atomic E-state index is 11.2. The van der Waals surface area contributed by atoms with Gasteiger partial charge in [0, 0.05) is 17.3 Å². The number of hydrogen-bond donors (Lipinski definition) is 2. The van der Waals surface area contributed by atoms with Crippen molar-refractivity contribution in [1.29, 1.82) is 0 Å². The third kappa shape index (κ3) is 3.66. The molecule has 3 heterocycles. The van der Waals surface area contributed by atoms with Crippen molar-refractivity contribution in [2.24, 2.45) is 5.92 Å². The molecule has 1 aliphatic rings. The number of H-pyrrole nitrogens is 1. The van der Waals surface area contributed by atoms with Crippen LogP contribution in [0.2, 0.25) is 0 Å². The molecule has 3 N–H and O–H groups in total. The van der Waals surface area contributed by atoms with Crippen LogP contribution in [0.5, 0.6) is 5.75 Å². The summed E-state index contributed by atoms with van der Waals surface area (Å²) in [5, 5.41) is 16.6. The van der Waals surface area contributed by atoms with E-state index in [1.165, 1.54) is 6.33 Å². The van der Waals surface area contributed by atoms with Crippen LogP contribution in [0.4, 0.5) is 5.82 Å². The number of carboxylic acids is 1. The van der Waals surface area contributed by atoms with Gasteiger partial charge in [0.25, 0.3) is 0 Å². The number of hydrogen-bond acceptors (Lipinski definition) is 7. The normalized spacial score (nSPS) is 18.7. The molecule has 0 aliphatic heterocycles. The first-order valence-corrected chi connectivity index (χ1v) is 9.93. The van der Waals surface area contributed by atoms with Gasteiger partial charge in [-0.15, -0.1) is 0 Å². The number of rotatable bonds is 4. The van der Waals surface area contributed by atoms with Crippen LogP contribution in [0.25, 0.3) is 27.8 Å². The molecule has 1 saturated carbocycles. The Bertz CT molecular complexity index is 1260. The number of benzene rings is 1. The van der Waals surface area contributed by atoms with Gasteiger partial charge in [-0.25, -0.2) is 14.5 Å². The number of nitrogens with zero attached hydrogens (tertiary/aromatic N) is 4. The minimum atomic E-state index is -0.972. The van der Waals surface area contributed by atoms with Gasteiger partial charge in [-0.3, -0.25) is 0 Å². The van der Waals surface area contributed by atoms with Crippen molar-refractivity contribution >= 4 is 28.2 Å². The second kappa shape index (κ2) is 8.49. The van der Waals surface area contributed by atoms with E-state index in [0.29, 0.717) is 42.7 Å². The van der Waals surface area contributed by atoms with Gasteiger partial charge in [0.15, 0.2) is 5.82 Å². The van der Waals surface area contributed by atoms with Crippen LogP contribution < -0.4 is 45.1 Å². The summed E-state index contributed by atoms with van der Waals surface area (Å²) in [4.78, 5) is 23.7. The topological polar surface area (TPSA) is 134 Å². The summed E-state index contributed by atoms with van der Waals surface area (Å²) in [7, 11) is 1.63. The number of imidazole rings is 1. The molecule has 31 heavy (non-hydrogen) atoms. The Labute approximate surface area is 200 Å². The van der Waals surface area contributed by atoms with E-state index < -0.39 is 11.9 Å². The van der Waals surface area contributed by atoms with Gasteiger partial charge in [-0.1, -0.05) is 12.1 Å². The third-order valence-corrected chi connectivity index (χ3v) is 6.00. The minimum absolute atomic E-state index is 0. The molecule has 0 amide bonds. The van der Waals surface area contributed by atoms with Crippen LogP contribution in [0.15, 0.2) is 30.6 Å². The zero-order chi connectivity index (χ0) is 20.8. The summed E-state index contributed by atoms with van der Waals surface area (Å²) in [6.45, 7) is 0. The minimum Gasteiger partial charge on any atom is -0.550 e. The van der Waals surface area contributed by atoms with E-state index in [2.05, 4.69) is 15.1 Å². The summed E-state index contributed by atoms with van der Waals surface area (Å²) in [5.74, 6) is 0.584. The van der Waals surface area contributed by atoms with E-state index in [-0.39, 0.29) is 35.5 Å². The van der Waals surface area contributed by atoms with Crippen molar-refractivity contribution in [1.82, 2.24) is 24.6 Å². The maximum Gasteiger partial charge on any atom is 1.00 e. The number of carboxylic acid groups (broad SMARTS) is 1. The molecule has 5 rings (SSSR count). The van der Waals surface area contributed by atoms with Crippen LogP contribution >= 0.6 is 0 Å². The van der Waals surface area contributed by atoms with Gasteiger partial charge in [0.05, 0.1) is 18.3 Å². The van der Waals surface area contributed by atoms with Gasteiger partial charge in [-0.2, -0.15) is 5.10 Å². The fourth-order valence-corrected chi connectivity index (χ4v) is 4.44. The van der Waals surface area contributed by atoms with Crippen LogP contribution in [-0.2, 0) is 4.79 Å². The Morgan fingerprint density at radius 3 is 2.77 bits per heavy atom. The number of carbonyl (C=O) groups excluding carboxylic acids is 1. The number of ether oxygens (including phenoxy) is 1. The zero-order valence-corrected chi connectivity index (χ0v) is 19.5. The van der Waals surface area contributed by atoms with E-state index in [1.54, 1.807) is 11.6 Å². The number of anilines is 1. The molecular weight excluding hydrogens is 407 g/mol. The molecule has 0 unspecified atom stereocenters. The fraction of sp³-hybridized carbons (Fsp3) is 0.333. The molecule has 9 nitrogen and oxygen atoms in total. The predicted octanol–water partition coefficient (Wildman–Crippen LogP) is -1.11. The molecule has 0 bridgehead atoms. The molecule has 0 atom stereocenters. The quantitative estimate of drug-likeness (QED) is 0.394. The Kier molecular flexibility index (Phi) is 5.92. The van der Waals surface area contributed by atoms with E-state index in [1.807, 2.05) is 24.3 Å². The van der Waals surface area contributed by atoms with Gasteiger partial charge < -0.3 is 25.4 Å². The first kappa shape index (κ1) is 21.6. The number of aromatic amines is 1. The summed E-state index contributed by atoms with van der Waals surface area (Å²) >= 11 is 0. The second-order valence-corrected chi connectivity index (χ2v) is 7.70. The molecule has 1 aliphatic carbocycles. The monoisotopic (exact) mass is 428 g/mol. The number of nitrogens with two attached hydrogens (primary N) is 1. The number of nitrogen functional groups attached to an aromatic ring is 1. The Morgan fingerprint density at radius 1 is 1.29 bits per heavy atom. The van der Waals surface area contributed by atoms with E-state index >= 15 is 0 Å². The number of aliphatic carboxylic acids is 1. The molecule has 0 saturated heterocycles. The molecule has 0 spiro atoms. The molecule has 4 aromatic rings. The largest absolute Gasteiger partial charge is 1.00 e. The van der Waals surface area contributed by atoms with Crippen LogP contribution in [0.3, 0.4) is 0 Å². The van der Waals surface area contributed by atoms with Crippen molar-refractivity contribution in [3.63, 3.8) is 0 Å². The van der Waals surface area contributed by atoms with Crippen molar-refractivity contribution in [2.75, 3.05) is 12.8 Å².